The molecule has 188 valence electrons. The van der Waals surface area contributed by atoms with Gasteiger partial charge in [0.1, 0.15) is 28.4 Å². The molecule has 0 bridgehead atoms. The standard InChI is InChI=1S/C26H33ClN4O4/c1-16-22(28)31-20-15-18(9-12-21(20)34-16)26(29,24(33)35-25(2,3)4)13-5-6-14-30-23(32)17-7-10-19(27)11-8-17/h7-12,15-16H,5-6,13-14,29H2,1-4H3,(H2,28,31)(H,30,32). The van der Waals surface area contributed by atoms with E-state index in [0.717, 1.165) is 0 Å². The van der Waals surface area contributed by atoms with Crippen LogP contribution in [0.3, 0.4) is 0 Å². The summed E-state index contributed by atoms with van der Waals surface area (Å²) in [5.74, 6) is 0.210. The van der Waals surface area contributed by atoms with Gasteiger partial charge in [-0.1, -0.05) is 17.7 Å². The lowest BCUT2D eigenvalue weighted by atomic mass is 9.85. The Kier molecular flexibility index (Phi) is 8.07. The molecule has 0 radical (unpaired) electrons. The van der Waals surface area contributed by atoms with Crippen LogP contribution in [0.25, 0.3) is 0 Å². The van der Waals surface area contributed by atoms with Crippen LogP contribution in [0.1, 0.15) is 62.9 Å². The molecule has 1 aliphatic rings. The topological polar surface area (TPSA) is 129 Å². The molecule has 0 fully saturated rings. The third-order valence-electron chi connectivity index (χ3n) is 5.60. The summed E-state index contributed by atoms with van der Waals surface area (Å²) >= 11 is 5.87. The molecule has 2 unspecified atom stereocenters. The summed E-state index contributed by atoms with van der Waals surface area (Å²) in [4.78, 5) is 29.9. The molecule has 1 amide bonds. The molecule has 0 aromatic heterocycles. The van der Waals surface area contributed by atoms with Crippen molar-refractivity contribution in [3.05, 3.63) is 58.6 Å². The van der Waals surface area contributed by atoms with Crippen LogP contribution in [0, 0.1) is 0 Å². The third kappa shape index (κ3) is 6.74. The number of carbonyl (C=O) groups is 2. The number of aliphatic imine (C=N–C) groups is 1. The zero-order valence-electron chi connectivity index (χ0n) is 20.6. The second-order valence-electron chi connectivity index (χ2n) is 9.67. The van der Waals surface area contributed by atoms with Crippen LogP contribution in [0.5, 0.6) is 5.75 Å². The Morgan fingerprint density at radius 1 is 1.14 bits per heavy atom. The zero-order chi connectivity index (χ0) is 25.8. The van der Waals surface area contributed by atoms with Crippen molar-refractivity contribution in [1.29, 1.82) is 0 Å². The van der Waals surface area contributed by atoms with Crippen LogP contribution in [0.4, 0.5) is 5.69 Å². The van der Waals surface area contributed by atoms with Gasteiger partial charge in [0.2, 0.25) is 0 Å². The molecule has 0 saturated heterocycles. The minimum absolute atomic E-state index is 0.188. The monoisotopic (exact) mass is 500 g/mol. The van der Waals surface area contributed by atoms with Crippen molar-refractivity contribution < 1.29 is 19.1 Å². The molecule has 1 heterocycles. The minimum Gasteiger partial charge on any atom is -0.481 e. The van der Waals surface area contributed by atoms with Gasteiger partial charge in [-0.15, -0.1) is 0 Å². The molecular formula is C26H33ClN4O4. The summed E-state index contributed by atoms with van der Waals surface area (Å²) < 4.78 is 11.4. The highest BCUT2D eigenvalue weighted by Crippen LogP contribution is 2.37. The molecule has 5 N–H and O–H groups in total. The van der Waals surface area contributed by atoms with Crippen LogP contribution in [0.2, 0.25) is 5.02 Å². The molecule has 0 aliphatic carbocycles. The summed E-state index contributed by atoms with van der Waals surface area (Å²) in [5.41, 5.74) is 12.2. The molecule has 9 heteroatoms. The fourth-order valence-corrected chi connectivity index (χ4v) is 3.76. The van der Waals surface area contributed by atoms with Crippen molar-refractivity contribution in [3.8, 4) is 5.75 Å². The van der Waals surface area contributed by atoms with E-state index in [9.17, 15) is 9.59 Å². The summed E-state index contributed by atoms with van der Waals surface area (Å²) in [6.45, 7) is 7.64. The summed E-state index contributed by atoms with van der Waals surface area (Å²) in [6, 6.07) is 11.9. The normalized spacial score (nSPS) is 16.9. The second-order valence-corrected chi connectivity index (χ2v) is 10.1. The number of benzene rings is 2. The van der Waals surface area contributed by atoms with Crippen molar-refractivity contribution in [1.82, 2.24) is 5.32 Å². The average Bonchev–Trinajstić information content (AvgIpc) is 2.78. The fraction of sp³-hybridized carbons (Fsp3) is 0.423. The number of unbranched alkanes of at least 4 members (excludes halogenated alkanes) is 1. The number of carbonyl (C=O) groups excluding carboxylic acids is 2. The predicted octanol–water partition coefficient (Wildman–Crippen LogP) is 4.21. The lowest BCUT2D eigenvalue weighted by Gasteiger charge is -2.32. The van der Waals surface area contributed by atoms with Crippen molar-refractivity contribution in [3.63, 3.8) is 0 Å². The Morgan fingerprint density at radius 3 is 2.49 bits per heavy atom. The van der Waals surface area contributed by atoms with E-state index in [1.807, 2.05) is 6.92 Å². The number of rotatable bonds is 8. The minimum atomic E-state index is -1.41. The van der Waals surface area contributed by atoms with Gasteiger partial charge < -0.3 is 26.3 Å². The molecule has 3 rings (SSSR count). The summed E-state index contributed by atoms with van der Waals surface area (Å²) in [7, 11) is 0. The summed E-state index contributed by atoms with van der Waals surface area (Å²) in [6.07, 6.45) is 1.18. The first-order valence-electron chi connectivity index (χ1n) is 11.6. The van der Waals surface area contributed by atoms with E-state index in [1.165, 1.54) is 0 Å². The van der Waals surface area contributed by atoms with Gasteiger partial charge in [0.05, 0.1) is 0 Å². The largest absolute Gasteiger partial charge is 0.481 e. The van der Waals surface area contributed by atoms with Crippen LogP contribution in [0.15, 0.2) is 47.5 Å². The molecular weight excluding hydrogens is 468 g/mol. The lowest BCUT2D eigenvalue weighted by Crippen LogP contribution is -2.48. The van der Waals surface area contributed by atoms with Crippen molar-refractivity contribution >= 4 is 35.0 Å². The van der Waals surface area contributed by atoms with Gasteiger partial charge in [-0.3, -0.25) is 4.79 Å². The molecule has 2 aromatic rings. The number of hydrogen-bond acceptors (Lipinski definition) is 7. The molecule has 0 spiro atoms. The van der Waals surface area contributed by atoms with Crippen LogP contribution < -0.4 is 21.5 Å². The number of amidine groups is 1. The van der Waals surface area contributed by atoms with Crippen LogP contribution in [-0.2, 0) is 15.1 Å². The van der Waals surface area contributed by atoms with Gasteiger partial charge in [-0.2, -0.15) is 0 Å². The molecule has 0 saturated carbocycles. The number of fused-ring (bicyclic) bond motifs is 1. The maximum Gasteiger partial charge on any atom is 0.331 e. The predicted molar refractivity (Wildman–Crippen MR) is 137 cm³/mol. The smallest absolute Gasteiger partial charge is 0.331 e. The number of hydrogen-bond donors (Lipinski definition) is 3. The highest BCUT2D eigenvalue weighted by molar-refractivity contribution is 6.30. The third-order valence-corrected chi connectivity index (χ3v) is 5.85. The van der Waals surface area contributed by atoms with Gasteiger partial charge in [-0.05, 0) is 88.9 Å². The SMILES string of the molecule is CC1Oc2ccc(C(N)(CCCCNC(=O)c3ccc(Cl)cc3)C(=O)OC(C)(C)C)cc2N=C1N. The molecule has 2 aromatic carbocycles. The van der Waals surface area contributed by atoms with Gasteiger partial charge >= 0.3 is 5.97 Å². The molecule has 8 nitrogen and oxygen atoms in total. The highest BCUT2D eigenvalue weighted by atomic mass is 35.5. The number of nitrogens with zero attached hydrogens (tertiary/aromatic N) is 1. The van der Waals surface area contributed by atoms with E-state index in [0.29, 0.717) is 59.2 Å². The number of nitrogens with one attached hydrogen (secondary N) is 1. The van der Waals surface area contributed by atoms with Crippen LogP contribution in [-0.4, -0.2) is 36.0 Å². The first-order valence-corrected chi connectivity index (χ1v) is 12.0. The molecule has 2 atom stereocenters. The Labute approximate surface area is 211 Å². The van der Waals surface area contributed by atoms with Gasteiger partial charge in [0.25, 0.3) is 5.91 Å². The van der Waals surface area contributed by atoms with E-state index in [1.54, 1.807) is 63.2 Å². The number of ether oxygens (including phenoxy) is 2. The maximum absolute atomic E-state index is 13.2. The van der Waals surface area contributed by atoms with Crippen molar-refractivity contribution in [2.24, 2.45) is 16.5 Å². The Morgan fingerprint density at radius 2 is 1.83 bits per heavy atom. The Hall–Kier alpha value is -3.10. The zero-order valence-corrected chi connectivity index (χ0v) is 21.3. The lowest BCUT2D eigenvalue weighted by molar-refractivity contribution is -0.162. The number of nitrogens with two attached hydrogens (primary N) is 2. The first-order chi connectivity index (χ1) is 16.4. The number of amides is 1. The van der Waals surface area contributed by atoms with Crippen molar-refractivity contribution in [2.45, 2.75) is 64.2 Å². The van der Waals surface area contributed by atoms with E-state index < -0.39 is 17.1 Å². The van der Waals surface area contributed by atoms with E-state index >= 15 is 0 Å². The van der Waals surface area contributed by atoms with E-state index in [2.05, 4.69) is 10.3 Å². The van der Waals surface area contributed by atoms with E-state index in [4.69, 9.17) is 32.5 Å². The number of esters is 1. The molecule has 1 aliphatic heterocycles. The van der Waals surface area contributed by atoms with E-state index in [-0.39, 0.29) is 12.0 Å². The van der Waals surface area contributed by atoms with Gasteiger partial charge in [0.15, 0.2) is 6.10 Å². The van der Waals surface area contributed by atoms with Gasteiger partial charge in [-0.25, -0.2) is 9.79 Å². The number of halogens is 1. The maximum atomic E-state index is 13.2. The Bertz CT molecular complexity index is 1110. The highest BCUT2D eigenvalue weighted by Gasteiger charge is 2.40. The van der Waals surface area contributed by atoms with Crippen molar-refractivity contribution in [2.75, 3.05) is 6.54 Å². The summed E-state index contributed by atoms with van der Waals surface area (Å²) in [5, 5.41) is 3.44. The Balaban J connectivity index is 1.71. The second kappa shape index (κ2) is 10.7. The quantitative estimate of drug-likeness (QED) is 0.368. The van der Waals surface area contributed by atoms with Crippen LogP contribution >= 0.6 is 11.6 Å². The average molecular weight is 501 g/mol. The first kappa shape index (κ1) is 26.5. The molecule has 35 heavy (non-hydrogen) atoms. The fourth-order valence-electron chi connectivity index (χ4n) is 3.63. The van der Waals surface area contributed by atoms with Gasteiger partial charge in [0, 0.05) is 17.1 Å².